The van der Waals surface area contributed by atoms with Gasteiger partial charge in [-0.2, -0.15) is 0 Å². The van der Waals surface area contributed by atoms with Crippen LogP contribution in [0.1, 0.15) is 27.0 Å². The Morgan fingerprint density at radius 2 is 1.29 bits per heavy atom. The monoisotopic (exact) mass is 305 g/mol. The molecule has 0 aromatic heterocycles. The average Bonchev–Trinajstić information content (AvgIpc) is 2.47. The summed E-state index contributed by atoms with van der Waals surface area (Å²) in [6, 6.07) is 13.8. The minimum atomic E-state index is -0.888. The minimum absolute atomic E-state index is 0. The van der Waals surface area contributed by atoms with Crippen molar-refractivity contribution in [2.45, 2.75) is 13.0 Å². The van der Waals surface area contributed by atoms with Gasteiger partial charge in [0, 0.05) is 17.7 Å². The van der Waals surface area contributed by atoms with E-state index in [1.165, 1.54) is 0 Å². The van der Waals surface area contributed by atoms with Gasteiger partial charge in [0.1, 0.15) is 0 Å². The van der Waals surface area contributed by atoms with Gasteiger partial charge in [0.05, 0.1) is 6.42 Å². The van der Waals surface area contributed by atoms with Gasteiger partial charge in [-0.1, -0.05) is 48.5 Å². The summed E-state index contributed by atoms with van der Waals surface area (Å²) in [4.78, 5) is 22.8. The molecule has 0 bridgehead atoms. The number of halogens is 1. The number of carboxylic acids is 1. The molecule has 0 heterocycles. The second-order valence-corrected chi connectivity index (χ2v) is 4.50. The van der Waals surface area contributed by atoms with Gasteiger partial charge in [0.25, 0.3) is 0 Å². The lowest BCUT2D eigenvalue weighted by molar-refractivity contribution is -0.136. The van der Waals surface area contributed by atoms with Gasteiger partial charge in [0.15, 0.2) is 5.78 Å². The zero-order chi connectivity index (χ0) is 14.5. The van der Waals surface area contributed by atoms with Crippen molar-refractivity contribution in [2.24, 2.45) is 5.73 Å². The van der Waals surface area contributed by atoms with E-state index in [2.05, 4.69) is 0 Å². The number of carbonyl (C=O) groups excluding carboxylic acids is 1. The van der Waals surface area contributed by atoms with E-state index in [0.717, 1.165) is 5.56 Å². The molecule has 2 aromatic carbocycles. The van der Waals surface area contributed by atoms with Crippen molar-refractivity contribution < 1.29 is 14.7 Å². The summed E-state index contributed by atoms with van der Waals surface area (Å²) >= 11 is 0. The van der Waals surface area contributed by atoms with Gasteiger partial charge < -0.3 is 10.8 Å². The number of benzene rings is 2. The molecule has 0 aliphatic heterocycles. The quantitative estimate of drug-likeness (QED) is 0.831. The second kappa shape index (κ2) is 7.57. The van der Waals surface area contributed by atoms with Gasteiger partial charge in [-0.05, 0) is 11.1 Å². The maximum Gasteiger partial charge on any atom is 0.307 e. The van der Waals surface area contributed by atoms with E-state index >= 15 is 0 Å². The van der Waals surface area contributed by atoms with Crippen molar-refractivity contribution in [3.63, 3.8) is 0 Å². The molecule has 0 saturated heterocycles. The first-order chi connectivity index (χ1) is 9.60. The van der Waals surface area contributed by atoms with Crippen molar-refractivity contribution in [3.05, 3.63) is 70.8 Å². The van der Waals surface area contributed by atoms with Crippen LogP contribution in [0.3, 0.4) is 0 Å². The summed E-state index contributed by atoms with van der Waals surface area (Å²) in [5.41, 5.74) is 8.29. The normalized spacial score (nSPS) is 9.76. The number of hydrogen-bond acceptors (Lipinski definition) is 3. The van der Waals surface area contributed by atoms with Gasteiger partial charge in [0.2, 0.25) is 0 Å². The van der Waals surface area contributed by atoms with Crippen LogP contribution in [0.25, 0.3) is 0 Å². The highest BCUT2D eigenvalue weighted by atomic mass is 35.5. The second-order valence-electron chi connectivity index (χ2n) is 4.50. The molecule has 21 heavy (non-hydrogen) atoms. The highest BCUT2D eigenvalue weighted by molar-refractivity contribution is 6.09. The van der Waals surface area contributed by atoms with E-state index in [0.29, 0.717) is 23.2 Å². The number of nitrogens with two attached hydrogens (primary N) is 1. The van der Waals surface area contributed by atoms with E-state index in [1.807, 2.05) is 12.1 Å². The fraction of sp³-hybridized carbons (Fsp3) is 0.125. The molecular weight excluding hydrogens is 290 g/mol. The van der Waals surface area contributed by atoms with Gasteiger partial charge in [-0.3, -0.25) is 9.59 Å². The van der Waals surface area contributed by atoms with Crippen LogP contribution in [0.2, 0.25) is 0 Å². The molecule has 0 atom stereocenters. The summed E-state index contributed by atoms with van der Waals surface area (Å²) in [7, 11) is 0. The Balaban J connectivity index is 0.00000220. The number of rotatable bonds is 5. The third-order valence-electron chi connectivity index (χ3n) is 3.02. The Bertz CT molecular complexity index is 621. The number of aliphatic carboxylic acids is 1. The lowest BCUT2D eigenvalue weighted by Crippen LogP contribution is -2.04. The first-order valence-electron chi connectivity index (χ1n) is 6.24. The van der Waals surface area contributed by atoms with Crippen LogP contribution < -0.4 is 5.73 Å². The number of carbonyl (C=O) groups is 2. The Labute approximate surface area is 129 Å². The number of ketones is 1. The predicted octanol–water partition coefficient (Wildman–Crippen LogP) is 2.43. The molecule has 0 unspecified atom stereocenters. The van der Waals surface area contributed by atoms with E-state index in [1.54, 1.807) is 36.4 Å². The molecule has 0 aliphatic carbocycles. The summed E-state index contributed by atoms with van der Waals surface area (Å²) in [5, 5.41) is 8.70. The Kier molecular flexibility index (Phi) is 6.09. The van der Waals surface area contributed by atoms with Crippen LogP contribution in [-0.4, -0.2) is 16.9 Å². The number of carboxylic acid groups (broad SMARTS) is 1. The molecule has 0 saturated carbocycles. The maximum atomic E-state index is 12.2. The summed E-state index contributed by atoms with van der Waals surface area (Å²) in [5.74, 6) is -0.975. The van der Waals surface area contributed by atoms with Crippen molar-refractivity contribution in [2.75, 3.05) is 0 Å². The van der Waals surface area contributed by atoms with Crippen LogP contribution in [0.4, 0.5) is 0 Å². The molecule has 2 rings (SSSR count). The third kappa shape index (κ3) is 4.41. The lowest BCUT2D eigenvalue weighted by atomic mass is 10.0. The molecule has 5 heteroatoms. The maximum absolute atomic E-state index is 12.2. The molecule has 0 fully saturated rings. The summed E-state index contributed by atoms with van der Waals surface area (Å²) in [6.07, 6.45) is -0.0420. The summed E-state index contributed by atoms with van der Waals surface area (Å²) < 4.78 is 0. The van der Waals surface area contributed by atoms with E-state index < -0.39 is 5.97 Å². The predicted molar refractivity (Wildman–Crippen MR) is 82.8 cm³/mol. The zero-order valence-corrected chi connectivity index (χ0v) is 12.1. The van der Waals surface area contributed by atoms with Crippen LogP contribution in [0.15, 0.2) is 48.5 Å². The standard InChI is InChI=1S/C16H15NO3.ClH/c17-10-12-3-7-14(8-4-12)16(20)13-5-1-11(2-6-13)9-15(18)19;/h1-8H,9-10,17H2,(H,18,19);1H. The van der Waals surface area contributed by atoms with Crippen LogP contribution in [-0.2, 0) is 17.8 Å². The highest BCUT2D eigenvalue weighted by Crippen LogP contribution is 2.12. The van der Waals surface area contributed by atoms with E-state index in [4.69, 9.17) is 10.8 Å². The third-order valence-corrected chi connectivity index (χ3v) is 3.02. The summed E-state index contributed by atoms with van der Waals surface area (Å²) in [6.45, 7) is 0.443. The molecule has 0 spiro atoms. The van der Waals surface area contributed by atoms with Crippen LogP contribution >= 0.6 is 12.4 Å². The van der Waals surface area contributed by atoms with Gasteiger partial charge in [-0.25, -0.2) is 0 Å². The van der Waals surface area contributed by atoms with Crippen molar-refractivity contribution in [1.82, 2.24) is 0 Å². The lowest BCUT2D eigenvalue weighted by Gasteiger charge is -2.04. The molecular formula is C16H16ClNO3. The van der Waals surface area contributed by atoms with Gasteiger partial charge in [-0.15, -0.1) is 12.4 Å². The first-order valence-corrected chi connectivity index (χ1v) is 6.24. The molecule has 2 aromatic rings. The van der Waals surface area contributed by atoms with E-state index in [9.17, 15) is 9.59 Å². The smallest absolute Gasteiger partial charge is 0.307 e. The zero-order valence-electron chi connectivity index (χ0n) is 11.3. The van der Waals surface area contributed by atoms with Crippen molar-refractivity contribution >= 4 is 24.2 Å². The molecule has 3 N–H and O–H groups in total. The fourth-order valence-corrected chi connectivity index (χ4v) is 1.91. The molecule has 110 valence electrons. The van der Waals surface area contributed by atoms with Crippen LogP contribution in [0.5, 0.6) is 0 Å². The van der Waals surface area contributed by atoms with Crippen molar-refractivity contribution in [3.8, 4) is 0 Å². The SMILES string of the molecule is Cl.NCc1ccc(C(=O)c2ccc(CC(=O)O)cc2)cc1. The van der Waals surface area contributed by atoms with Crippen molar-refractivity contribution in [1.29, 1.82) is 0 Å². The number of hydrogen-bond donors (Lipinski definition) is 2. The Morgan fingerprint density at radius 3 is 1.67 bits per heavy atom. The highest BCUT2D eigenvalue weighted by Gasteiger charge is 2.09. The minimum Gasteiger partial charge on any atom is -0.481 e. The fourth-order valence-electron chi connectivity index (χ4n) is 1.91. The molecule has 0 aliphatic rings. The topological polar surface area (TPSA) is 80.4 Å². The molecule has 4 nitrogen and oxygen atoms in total. The molecule has 0 amide bonds. The van der Waals surface area contributed by atoms with Crippen LogP contribution in [0, 0.1) is 0 Å². The largest absolute Gasteiger partial charge is 0.481 e. The average molecular weight is 306 g/mol. The van der Waals surface area contributed by atoms with Gasteiger partial charge >= 0.3 is 5.97 Å². The Morgan fingerprint density at radius 1 is 0.857 bits per heavy atom. The Hall–Kier alpha value is -2.17. The molecule has 0 radical (unpaired) electrons. The van der Waals surface area contributed by atoms with E-state index in [-0.39, 0.29) is 24.6 Å². The first kappa shape index (κ1) is 16.9.